The molecule has 0 amide bonds. The fourth-order valence-corrected chi connectivity index (χ4v) is 2.00. The molecule has 5 heteroatoms. The molecule has 0 unspecified atom stereocenters. The summed E-state index contributed by atoms with van der Waals surface area (Å²) in [5, 5.41) is 7.83. The van der Waals surface area contributed by atoms with Gasteiger partial charge >= 0.3 is 0 Å². The van der Waals surface area contributed by atoms with E-state index in [0.29, 0.717) is 6.04 Å². The second-order valence-electron chi connectivity index (χ2n) is 4.09. The Hall–Kier alpha value is -1.75. The maximum absolute atomic E-state index is 4.01. The SMILES string of the molecule is c1cc(CN2CC(n3ccnn3)C2)ccn1. The highest BCUT2D eigenvalue weighted by molar-refractivity contribution is 5.10. The van der Waals surface area contributed by atoms with E-state index in [0.717, 1.165) is 19.6 Å². The lowest BCUT2D eigenvalue weighted by Crippen LogP contribution is -2.47. The first kappa shape index (κ1) is 9.47. The van der Waals surface area contributed by atoms with Crippen molar-refractivity contribution >= 4 is 0 Å². The Morgan fingerprint density at radius 1 is 1.19 bits per heavy atom. The molecule has 0 bridgehead atoms. The van der Waals surface area contributed by atoms with Gasteiger partial charge in [0.05, 0.1) is 12.2 Å². The lowest BCUT2D eigenvalue weighted by Gasteiger charge is -2.38. The van der Waals surface area contributed by atoms with Gasteiger partial charge in [-0.15, -0.1) is 5.10 Å². The van der Waals surface area contributed by atoms with Crippen LogP contribution in [-0.2, 0) is 6.54 Å². The molecule has 2 aromatic rings. The maximum Gasteiger partial charge on any atom is 0.0790 e. The molecule has 0 aromatic carbocycles. The highest BCUT2D eigenvalue weighted by atomic mass is 15.5. The van der Waals surface area contributed by atoms with Gasteiger partial charge in [-0.2, -0.15) is 0 Å². The van der Waals surface area contributed by atoms with Crippen molar-refractivity contribution in [2.24, 2.45) is 0 Å². The molecule has 5 nitrogen and oxygen atoms in total. The number of nitrogens with zero attached hydrogens (tertiary/aromatic N) is 5. The minimum absolute atomic E-state index is 0.490. The maximum atomic E-state index is 4.01. The van der Waals surface area contributed by atoms with Gasteiger partial charge in [0.15, 0.2) is 0 Å². The molecule has 1 saturated heterocycles. The van der Waals surface area contributed by atoms with E-state index in [9.17, 15) is 0 Å². The van der Waals surface area contributed by atoms with E-state index in [1.54, 1.807) is 6.20 Å². The van der Waals surface area contributed by atoms with Crippen molar-refractivity contribution in [3.8, 4) is 0 Å². The first-order valence-electron chi connectivity index (χ1n) is 5.39. The third-order valence-corrected chi connectivity index (χ3v) is 2.91. The van der Waals surface area contributed by atoms with Crippen LogP contribution in [0.2, 0.25) is 0 Å². The predicted octanol–water partition coefficient (Wildman–Crippen LogP) is 0.730. The van der Waals surface area contributed by atoms with Crippen molar-refractivity contribution in [3.05, 3.63) is 42.5 Å². The summed E-state index contributed by atoms with van der Waals surface area (Å²) in [6.07, 6.45) is 7.33. The average molecular weight is 215 g/mol. The summed E-state index contributed by atoms with van der Waals surface area (Å²) in [4.78, 5) is 6.40. The predicted molar refractivity (Wildman–Crippen MR) is 58.6 cm³/mol. The average Bonchev–Trinajstić information content (AvgIpc) is 2.77. The molecule has 16 heavy (non-hydrogen) atoms. The molecule has 3 heterocycles. The zero-order valence-corrected chi connectivity index (χ0v) is 8.90. The summed E-state index contributed by atoms with van der Waals surface area (Å²) in [5.74, 6) is 0. The van der Waals surface area contributed by atoms with Crippen LogP contribution < -0.4 is 0 Å². The van der Waals surface area contributed by atoms with Crippen LogP contribution in [0.4, 0.5) is 0 Å². The quantitative estimate of drug-likeness (QED) is 0.757. The molecule has 0 saturated carbocycles. The molecule has 0 aliphatic carbocycles. The lowest BCUT2D eigenvalue weighted by atomic mass is 10.1. The molecule has 1 fully saturated rings. The monoisotopic (exact) mass is 215 g/mol. The smallest absolute Gasteiger partial charge is 0.0790 e. The number of pyridine rings is 1. The Kier molecular flexibility index (Phi) is 2.38. The lowest BCUT2D eigenvalue weighted by molar-refractivity contribution is 0.0896. The molecule has 0 N–H and O–H groups in total. The fourth-order valence-electron chi connectivity index (χ4n) is 2.00. The van der Waals surface area contributed by atoms with Gasteiger partial charge in [-0.25, -0.2) is 4.68 Å². The number of hydrogen-bond donors (Lipinski definition) is 0. The second-order valence-corrected chi connectivity index (χ2v) is 4.09. The van der Waals surface area contributed by atoms with Crippen LogP contribution in [0, 0.1) is 0 Å². The molecule has 1 aliphatic heterocycles. The minimum Gasteiger partial charge on any atom is -0.295 e. The first-order chi connectivity index (χ1) is 7.92. The molecule has 0 atom stereocenters. The van der Waals surface area contributed by atoms with E-state index >= 15 is 0 Å². The standard InChI is InChI=1S/C11H13N5/c1-3-12-4-2-10(1)7-15-8-11(9-15)16-6-5-13-14-16/h1-6,11H,7-9H2. The van der Waals surface area contributed by atoms with Crippen molar-refractivity contribution in [2.75, 3.05) is 13.1 Å². The van der Waals surface area contributed by atoms with Gasteiger partial charge in [-0.3, -0.25) is 9.88 Å². The summed E-state index contributed by atoms with van der Waals surface area (Å²) >= 11 is 0. The van der Waals surface area contributed by atoms with Gasteiger partial charge in [0, 0.05) is 38.2 Å². The van der Waals surface area contributed by atoms with Crippen LogP contribution >= 0.6 is 0 Å². The Labute approximate surface area is 93.7 Å². The van der Waals surface area contributed by atoms with E-state index in [-0.39, 0.29) is 0 Å². The van der Waals surface area contributed by atoms with Gasteiger partial charge < -0.3 is 0 Å². The molecular formula is C11H13N5. The van der Waals surface area contributed by atoms with Gasteiger partial charge in [-0.05, 0) is 17.7 Å². The minimum atomic E-state index is 0.490. The van der Waals surface area contributed by atoms with Crippen LogP contribution in [0.5, 0.6) is 0 Å². The van der Waals surface area contributed by atoms with Gasteiger partial charge in [0.1, 0.15) is 0 Å². The number of rotatable bonds is 3. The Bertz CT molecular complexity index is 433. The molecule has 0 spiro atoms. The number of hydrogen-bond acceptors (Lipinski definition) is 4. The Morgan fingerprint density at radius 3 is 2.69 bits per heavy atom. The summed E-state index contributed by atoms with van der Waals surface area (Å²) in [7, 11) is 0. The Balaban J connectivity index is 1.55. The van der Waals surface area contributed by atoms with Gasteiger partial charge in [0.25, 0.3) is 0 Å². The highest BCUT2D eigenvalue weighted by Gasteiger charge is 2.28. The van der Waals surface area contributed by atoms with Crippen molar-refractivity contribution in [1.82, 2.24) is 24.9 Å². The third kappa shape index (κ3) is 1.81. The van der Waals surface area contributed by atoms with E-state index in [1.165, 1.54) is 5.56 Å². The molecule has 0 radical (unpaired) electrons. The summed E-state index contributed by atoms with van der Waals surface area (Å²) in [5.41, 5.74) is 1.31. The zero-order chi connectivity index (χ0) is 10.8. The number of likely N-dealkylation sites (tertiary alicyclic amines) is 1. The van der Waals surface area contributed by atoms with Crippen molar-refractivity contribution in [3.63, 3.8) is 0 Å². The van der Waals surface area contributed by atoms with Crippen LogP contribution in [0.25, 0.3) is 0 Å². The summed E-state index contributed by atoms with van der Waals surface area (Å²) in [6, 6.07) is 4.61. The van der Waals surface area contributed by atoms with E-state index < -0.39 is 0 Å². The van der Waals surface area contributed by atoms with Gasteiger partial charge in [-0.1, -0.05) is 5.21 Å². The van der Waals surface area contributed by atoms with Crippen molar-refractivity contribution < 1.29 is 0 Å². The van der Waals surface area contributed by atoms with Gasteiger partial charge in [0.2, 0.25) is 0 Å². The summed E-state index contributed by atoms with van der Waals surface area (Å²) < 4.78 is 1.93. The van der Waals surface area contributed by atoms with Crippen molar-refractivity contribution in [2.45, 2.75) is 12.6 Å². The molecule has 1 aliphatic rings. The second kappa shape index (κ2) is 4.02. The third-order valence-electron chi connectivity index (χ3n) is 2.91. The van der Waals surface area contributed by atoms with E-state index in [4.69, 9.17) is 0 Å². The van der Waals surface area contributed by atoms with Crippen molar-refractivity contribution in [1.29, 1.82) is 0 Å². The normalized spacial score (nSPS) is 17.2. The Morgan fingerprint density at radius 2 is 2.00 bits per heavy atom. The summed E-state index contributed by atoms with van der Waals surface area (Å²) in [6.45, 7) is 3.09. The van der Waals surface area contributed by atoms with E-state index in [2.05, 4.69) is 32.3 Å². The highest BCUT2D eigenvalue weighted by Crippen LogP contribution is 2.21. The molecule has 2 aromatic heterocycles. The topological polar surface area (TPSA) is 46.8 Å². The first-order valence-corrected chi connectivity index (χ1v) is 5.39. The molecular weight excluding hydrogens is 202 g/mol. The zero-order valence-electron chi connectivity index (χ0n) is 8.90. The molecule has 82 valence electrons. The molecule has 3 rings (SSSR count). The fraction of sp³-hybridized carbons (Fsp3) is 0.364. The van der Waals surface area contributed by atoms with Crippen LogP contribution in [-0.4, -0.2) is 38.0 Å². The van der Waals surface area contributed by atoms with E-state index in [1.807, 2.05) is 23.3 Å². The van der Waals surface area contributed by atoms with Crippen LogP contribution in [0.3, 0.4) is 0 Å². The van der Waals surface area contributed by atoms with Crippen LogP contribution in [0.1, 0.15) is 11.6 Å². The van der Waals surface area contributed by atoms with Crippen LogP contribution in [0.15, 0.2) is 36.9 Å². The number of aromatic nitrogens is 4. The largest absolute Gasteiger partial charge is 0.295 e.